The summed E-state index contributed by atoms with van der Waals surface area (Å²) in [6.07, 6.45) is 3.37. The summed E-state index contributed by atoms with van der Waals surface area (Å²) in [5.74, 6) is -0.180. The van der Waals surface area contributed by atoms with Crippen molar-refractivity contribution < 1.29 is 14.0 Å². The molecule has 1 aromatic rings. The highest BCUT2D eigenvalue weighted by Crippen LogP contribution is 2.64. The lowest BCUT2D eigenvalue weighted by Gasteiger charge is -2.34. The average Bonchev–Trinajstić information content (AvgIpc) is 3.17. The lowest BCUT2D eigenvalue weighted by atomic mass is 9.70. The normalized spacial score (nSPS) is 33.6. The van der Waals surface area contributed by atoms with Crippen LogP contribution in [0.2, 0.25) is 0 Å². The number of benzene rings is 1. The second-order valence-corrected chi connectivity index (χ2v) is 9.87. The molecule has 0 aromatic heterocycles. The van der Waals surface area contributed by atoms with Crippen LogP contribution < -0.4 is 5.32 Å². The molecule has 7 heteroatoms. The van der Waals surface area contributed by atoms with E-state index in [1.807, 2.05) is 0 Å². The summed E-state index contributed by atoms with van der Waals surface area (Å²) in [6, 6.07) is 5.37. The number of nitrogens with zero attached hydrogens (tertiary/aromatic N) is 2. The van der Waals surface area contributed by atoms with Gasteiger partial charge in [-0.2, -0.15) is 5.10 Å². The minimum atomic E-state index is -0.538. The summed E-state index contributed by atoms with van der Waals surface area (Å²) in [5, 5.41) is 11.4. The fraction of sp³-hybridized carbons (Fsp3) is 0.524. The number of amidine groups is 1. The first-order valence-corrected chi connectivity index (χ1v) is 10.5. The number of carbonyl (C=O) groups is 2. The molecule has 0 spiro atoms. The number of hydrogen-bond acceptors (Lipinski definition) is 5. The minimum Gasteiger partial charge on any atom is -0.303 e. The molecule has 1 saturated heterocycles. The van der Waals surface area contributed by atoms with E-state index in [0.29, 0.717) is 16.6 Å². The second kappa shape index (κ2) is 6.79. The van der Waals surface area contributed by atoms with E-state index in [9.17, 15) is 14.0 Å². The molecule has 3 aliphatic rings. The highest BCUT2D eigenvalue weighted by molar-refractivity contribution is 8.15. The van der Waals surface area contributed by atoms with Gasteiger partial charge in [0.2, 0.25) is 5.91 Å². The van der Waals surface area contributed by atoms with Crippen LogP contribution in [0.1, 0.15) is 56.8 Å². The van der Waals surface area contributed by atoms with Crippen molar-refractivity contribution in [1.82, 2.24) is 5.32 Å². The van der Waals surface area contributed by atoms with Gasteiger partial charge >= 0.3 is 0 Å². The van der Waals surface area contributed by atoms with E-state index in [2.05, 4.69) is 36.3 Å². The Balaban J connectivity index is 1.44. The molecule has 1 heterocycles. The van der Waals surface area contributed by atoms with Crippen molar-refractivity contribution in [2.75, 3.05) is 0 Å². The third kappa shape index (κ3) is 3.09. The molecule has 5 nitrogen and oxygen atoms in total. The van der Waals surface area contributed by atoms with Gasteiger partial charge < -0.3 is 5.32 Å². The number of Topliss-reactive ketones (excluding diaryl/α,β-unsaturated/α-hetero) is 1. The topological polar surface area (TPSA) is 70.9 Å². The van der Waals surface area contributed by atoms with Gasteiger partial charge in [-0.1, -0.05) is 32.5 Å². The van der Waals surface area contributed by atoms with Gasteiger partial charge in [0.05, 0.1) is 5.25 Å². The maximum atomic E-state index is 13.0. The number of fused-ring (bicyclic) bond motifs is 2. The number of carbonyl (C=O) groups excluding carboxylic acids is 2. The SMILES string of the molecule is CC1(C)[C@@H]2CC[C@@]1(C)/C(=N/N=C1/NC(=O)[C@H](CC(=O)c3ccc(F)cc3)S1)C2. The van der Waals surface area contributed by atoms with Crippen LogP contribution in [0.3, 0.4) is 0 Å². The molecule has 148 valence electrons. The third-order valence-corrected chi connectivity index (χ3v) is 8.16. The number of halogens is 1. The standard InChI is InChI=1S/C21H24FN3O2S/c1-20(2)13-8-9-21(20,3)17(10-13)24-25-19-23-18(27)16(28-19)11-15(26)12-4-6-14(22)7-5-12/h4-7,13,16H,8-11H2,1-3H3,(H,23,25,27)/b24-17+/t13-,16+,21+/m1/s1. The van der Waals surface area contributed by atoms with Crippen molar-refractivity contribution in [1.29, 1.82) is 0 Å². The Morgan fingerprint density at radius 1 is 1.25 bits per heavy atom. The largest absolute Gasteiger partial charge is 0.303 e. The summed E-state index contributed by atoms with van der Waals surface area (Å²) in [4.78, 5) is 24.6. The van der Waals surface area contributed by atoms with E-state index >= 15 is 0 Å². The number of rotatable bonds is 4. The molecule has 1 aromatic carbocycles. The molecule has 1 amide bonds. The molecular weight excluding hydrogens is 377 g/mol. The first-order valence-electron chi connectivity index (χ1n) is 9.62. The highest BCUT2D eigenvalue weighted by Gasteiger charge is 2.60. The summed E-state index contributed by atoms with van der Waals surface area (Å²) < 4.78 is 13.0. The van der Waals surface area contributed by atoms with Gasteiger partial charge in [-0.3, -0.25) is 9.59 Å². The molecule has 2 aliphatic carbocycles. The number of thioether (sulfide) groups is 1. The van der Waals surface area contributed by atoms with Gasteiger partial charge in [-0.15, -0.1) is 5.10 Å². The lowest BCUT2D eigenvalue weighted by molar-refractivity contribution is -0.118. The zero-order valence-corrected chi connectivity index (χ0v) is 17.1. The Morgan fingerprint density at radius 2 is 1.96 bits per heavy atom. The Bertz CT molecular complexity index is 893. The van der Waals surface area contributed by atoms with Crippen LogP contribution in [0, 0.1) is 22.6 Å². The Hall–Kier alpha value is -2.02. The molecule has 1 N–H and O–H groups in total. The van der Waals surface area contributed by atoms with Crippen molar-refractivity contribution in [3.05, 3.63) is 35.6 Å². The highest BCUT2D eigenvalue weighted by atomic mass is 32.2. The third-order valence-electron chi connectivity index (χ3n) is 7.09. The van der Waals surface area contributed by atoms with E-state index in [-0.39, 0.29) is 28.9 Å². The molecule has 2 bridgehead atoms. The zero-order valence-electron chi connectivity index (χ0n) is 16.3. The van der Waals surface area contributed by atoms with Crippen LogP contribution in [-0.2, 0) is 4.79 Å². The maximum Gasteiger partial charge on any atom is 0.240 e. The quantitative estimate of drug-likeness (QED) is 0.607. The van der Waals surface area contributed by atoms with Crippen LogP contribution >= 0.6 is 11.8 Å². The van der Waals surface area contributed by atoms with E-state index in [4.69, 9.17) is 0 Å². The fourth-order valence-electron chi connectivity index (χ4n) is 4.69. The number of ketones is 1. The van der Waals surface area contributed by atoms with Crippen molar-refractivity contribution in [3.8, 4) is 0 Å². The first-order chi connectivity index (χ1) is 13.2. The lowest BCUT2D eigenvalue weighted by Crippen LogP contribution is -2.32. The van der Waals surface area contributed by atoms with Crippen molar-refractivity contribution in [3.63, 3.8) is 0 Å². The first kappa shape index (κ1) is 19.3. The molecule has 0 unspecified atom stereocenters. The molecule has 3 fully saturated rings. The average molecular weight is 402 g/mol. The molecule has 0 radical (unpaired) electrons. The van der Waals surface area contributed by atoms with Gasteiger partial charge in [-0.25, -0.2) is 4.39 Å². The Kier molecular flexibility index (Phi) is 4.68. The molecular formula is C21H24FN3O2S. The van der Waals surface area contributed by atoms with Crippen molar-refractivity contribution in [2.45, 2.75) is 51.7 Å². The van der Waals surface area contributed by atoms with Crippen LogP contribution in [0.5, 0.6) is 0 Å². The van der Waals surface area contributed by atoms with E-state index < -0.39 is 11.1 Å². The predicted molar refractivity (Wildman–Crippen MR) is 109 cm³/mol. The molecule has 3 atom stereocenters. The zero-order chi connectivity index (χ0) is 20.1. The Morgan fingerprint density at radius 3 is 2.57 bits per heavy atom. The van der Waals surface area contributed by atoms with E-state index in [1.54, 1.807) is 0 Å². The van der Waals surface area contributed by atoms with Crippen LogP contribution in [0.4, 0.5) is 4.39 Å². The number of hydrogen-bond donors (Lipinski definition) is 1. The van der Waals surface area contributed by atoms with Crippen molar-refractivity contribution >= 4 is 34.3 Å². The second-order valence-electron chi connectivity index (χ2n) is 8.68. The maximum absolute atomic E-state index is 13.0. The number of amides is 1. The van der Waals surface area contributed by atoms with Crippen LogP contribution in [0.15, 0.2) is 34.5 Å². The van der Waals surface area contributed by atoms with E-state index in [1.165, 1.54) is 42.4 Å². The molecule has 2 saturated carbocycles. The minimum absolute atomic E-state index is 0.0462. The molecule has 1 aliphatic heterocycles. The predicted octanol–water partition coefficient (Wildman–Crippen LogP) is 4.19. The van der Waals surface area contributed by atoms with Crippen LogP contribution in [-0.4, -0.2) is 27.8 Å². The molecule has 28 heavy (non-hydrogen) atoms. The smallest absolute Gasteiger partial charge is 0.240 e. The van der Waals surface area contributed by atoms with Crippen LogP contribution in [0.25, 0.3) is 0 Å². The summed E-state index contributed by atoms with van der Waals surface area (Å²) >= 11 is 1.23. The van der Waals surface area contributed by atoms with Gasteiger partial charge in [0, 0.05) is 23.1 Å². The van der Waals surface area contributed by atoms with E-state index in [0.717, 1.165) is 18.6 Å². The van der Waals surface area contributed by atoms with Gasteiger partial charge in [0.25, 0.3) is 0 Å². The fourth-order valence-corrected chi connectivity index (χ4v) is 5.61. The van der Waals surface area contributed by atoms with Crippen molar-refractivity contribution in [2.24, 2.45) is 27.0 Å². The van der Waals surface area contributed by atoms with Gasteiger partial charge in [-0.05, 0) is 54.9 Å². The summed E-state index contributed by atoms with van der Waals surface area (Å²) in [7, 11) is 0. The molecule has 4 rings (SSSR count). The Labute approximate surface area is 168 Å². The monoisotopic (exact) mass is 401 g/mol. The number of nitrogens with one attached hydrogen (secondary N) is 1. The summed E-state index contributed by atoms with van der Waals surface area (Å²) in [5.41, 5.74) is 1.80. The van der Waals surface area contributed by atoms with Gasteiger partial charge in [0.1, 0.15) is 5.82 Å². The van der Waals surface area contributed by atoms with Gasteiger partial charge in [0.15, 0.2) is 11.0 Å². The summed E-state index contributed by atoms with van der Waals surface area (Å²) in [6.45, 7) is 6.89.